The number of aromatic nitrogens is 1. The third-order valence-corrected chi connectivity index (χ3v) is 5.71. The lowest BCUT2D eigenvalue weighted by atomic mass is 9.86. The summed E-state index contributed by atoms with van der Waals surface area (Å²) in [6.07, 6.45) is -6.71. The van der Waals surface area contributed by atoms with Gasteiger partial charge in [0.1, 0.15) is 5.84 Å². The summed E-state index contributed by atoms with van der Waals surface area (Å²) < 4.78 is 58.8. The molecule has 0 saturated carbocycles. The number of amidine groups is 2. The molecule has 3 aromatic rings. The van der Waals surface area contributed by atoms with Crippen LogP contribution < -0.4 is 5.73 Å². The Morgan fingerprint density at radius 3 is 2.09 bits per heavy atom. The van der Waals surface area contributed by atoms with E-state index >= 15 is 0 Å². The Morgan fingerprint density at radius 2 is 1.51 bits per heavy atom. The van der Waals surface area contributed by atoms with Crippen molar-refractivity contribution in [2.75, 3.05) is 7.05 Å². The largest absolute Gasteiger partial charge is 0.388 e. The minimum Gasteiger partial charge on any atom is -0.383 e. The average molecular weight is 484 g/mol. The summed E-state index contributed by atoms with van der Waals surface area (Å²) in [5.41, 5.74) is 7.44. The second kappa shape index (κ2) is 8.57. The fourth-order valence-electron chi connectivity index (χ4n) is 3.73. The number of hydrogen-bond donors (Lipinski definition) is 1. The van der Waals surface area contributed by atoms with Gasteiger partial charge in [0.2, 0.25) is 0 Å². The number of pyridine rings is 1. The number of aliphatic imine (C=N–C) groups is 2. The maximum absolute atomic E-state index is 13.9. The molecule has 5 nitrogen and oxygen atoms in total. The summed E-state index contributed by atoms with van der Waals surface area (Å²) in [7, 11) is 1.61. The maximum Gasteiger partial charge on any atom is 0.388 e. The van der Waals surface area contributed by atoms with Gasteiger partial charge in [0.25, 0.3) is 0 Å². The van der Waals surface area contributed by atoms with Crippen LogP contribution in [0.2, 0.25) is 0 Å². The van der Waals surface area contributed by atoms with E-state index in [9.17, 15) is 17.6 Å². The summed E-state index contributed by atoms with van der Waals surface area (Å²) >= 11 is 0. The molecule has 0 fully saturated rings. The van der Waals surface area contributed by atoms with Crippen molar-refractivity contribution in [3.8, 4) is 11.3 Å². The second-order valence-corrected chi connectivity index (χ2v) is 9.20. The number of fused-ring (bicyclic) bond motifs is 1. The summed E-state index contributed by atoms with van der Waals surface area (Å²) in [6, 6.07) is 14.2. The van der Waals surface area contributed by atoms with Crippen LogP contribution in [0.4, 0.5) is 17.6 Å². The second-order valence-electron chi connectivity index (χ2n) is 9.20. The van der Waals surface area contributed by atoms with Crippen LogP contribution in [0.3, 0.4) is 0 Å². The van der Waals surface area contributed by atoms with E-state index in [1.165, 1.54) is 17.8 Å². The number of nitrogens with zero attached hydrogens (tertiary/aromatic N) is 3. The standard InChI is InChI=1S/C26H24F4N4O/c1-24(2,3)18-9-5-15(6-10-18)23(32-4)34-22(31)17-8-12-21(33-14-17)16-7-11-19-20(13-16)26(29,30)35-25(19,27)28/h5-14H,1-4H3,(H2,31,32,34). The summed E-state index contributed by atoms with van der Waals surface area (Å²) in [4.78, 5) is 12.9. The van der Waals surface area contributed by atoms with E-state index in [2.05, 4.69) is 40.5 Å². The number of ether oxygens (including phenoxy) is 1. The molecule has 182 valence electrons. The fourth-order valence-corrected chi connectivity index (χ4v) is 3.73. The molecule has 1 aromatic heterocycles. The van der Waals surface area contributed by atoms with Crippen LogP contribution in [0.25, 0.3) is 11.3 Å². The van der Waals surface area contributed by atoms with Gasteiger partial charge in [-0.3, -0.25) is 9.98 Å². The van der Waals surface area contributed by atoms with Gasteiger partial charge in [-0.1, -0.05) is 51.1 Å². The van der Waals surface area contributed by atoms with Crippen LogP contribution in [0, 0.1) is 0 Å². The summed E-state index contributed by atoms with van der Waals surface area (Å²) in [5.74, 6) is 0.604. The maximum atomic E-state index is 13.9. The molecule has 0 aliphatic carbocycles. The smallest absolute Gasteiger partial charge is 0.383 e. The van der Waals surface area contributed by atoms with Crippen LogP contribution in [0.1, 0.15) is 48.6 Å². The van der Waals surface area contributed by atoms with Crippen molar-refractivity contribution in [3.05, 3.63) is 88.6 Å². The lowest BCUT2D eigenvalue weighted by Crippen LogP contribution is -2.17. The van der Waals surface area contributed by atoms with Crippen molar-refractivity contribution in [2.24, 2.45) is 15.7 Å². The van der Waals surface area contributed by atoms with E-state index in [-0.39, 0.29) is 16.8 Å². The summed E-state index contributed by atoms with van der Waals surface area (Å²) in [6.45, 7) is 6.38. The van der Waals surface area contributed by atoms with Crippen LogP contribution in [-0.2, 0) is 22.4 Å². The first-order chi connectivity index (χ1) is 16.3. The van der Waals surface area contributed by atoms with Gasteiger partial charge < -0.3 is 5.73 Å². The predicted molar refractivity (Wildman–Crippen MR) is 127 cm³/mol. The average Bonchev–Trinajstić information content (AvgIpc) is 3.00. The number of alkyl halides is 4. The van der Waals surface area contributed by atoms with Gasteiger partial charge in [0.15, 0.2) is 5.84 Å². The number of hydrogen-bond acceptors (Lipinski definition) is 3. The molecule has 1 aliphatic heterocycles. The highest BCUT2D eigenvalue weighted by Crippen LogP contribution is 2.51. The van der Waals surface area contributed by atoms with Crippen molar-refractivity contribution in [1.82, 2.24) is 4.98 Å². The zero-order chi connectivity index (χ0) is 25.6. The molecule has 0 atom stereocenters. The molecule has 0 amide bonds. The van der Waals surface area contributed by atoms with Crippen molar-refractivity contribution < 1.29 is 22.3 Å². The zero-order valence-corrected chi connectivity index (χ0v) is 19.6. The van der Waals surface area contributed by atoms with Crippen LogP contribution in [-0.4, -0.2) is 23.7 Å². The lowest BCUT2D eigenvalue weighted by Gasteiger charge is -2.19. The molecule has 2 heterocycles. The van der Waals surface area contributed by atoms with Crippen LogP contribution in [0.5, 0.6) is 0 Å². The van der Waals surface area contributed by atoms with Gasteiger partial charge in [0, 0.05) is 29.9 Å². The molecule has 0 bridgehead atoms. The molecule has 2 aromatic carbocycles. The van der Waals surface area contributed by atoms with E-state index in [4.69, 9.17) is 5.73 Å². The minimum atomic E-state index is -4.09. The van der Waals surface area contributed by atoms with Gasteiger partial charge in [-0.25, -0.2) is 9.73 Å². The number of benzene rings is 2. The highest BCUT2D eigenvalue weighted by Gasteiger charge is 2.57. The molecule has 2 N–H and O–H groups in total. The van der Waals surface area contributed by atoms with Gasteiger partial charge in [-0.15, -0.1) is 0 Å². The van der Waals surface area contributed by atoms with E-state index in [0.717, 1.165) is 17.7 Å². The molecule has 0 saturated heterocycles. The van der Waals surface area contributed by atoms with Crippen LogP contribution in [0.15, 0.2) is 70.8 Å². The minimum absolute atomic E-state index is 0.0143. The van der Waals surface area contributed by atoms with Gasteiger partial charge in [-0.2, -0.15) is 17.6 Å². The normalized spacial score (nSPS) is 17.4. The van der Waals surface area contributed by atoms with Crippen molar-refractivity contribution in [1.29, 1.82) is 0 Å². The molecule has 0 unspecified atom stereocenters. The van der Waals surface area contributed by atoms with Crippen molar-refractivity contribution in [2.45, 2.75) is 38.4 Å². The highest BCUT2D eigenvalue weighted by molar-refractivity contribution is 6.10. The number of rotatable bonds is 3. The van der Waals surface area contributed by atoms with Crippen LogP contribution >= 0.6 is 0 Å². The van der Waals surface area contributed by atoms with E-state index in [1.54, 1.807) is 19.2 Å². The predicted octanol–water partition coefficient (Wildman–Crippen LogP) is 5.96. The molecule has 9 heteroatoms. The Hall–Kier alpha value is -3.59. The third kappa shape index (κ3) is 4.81. The Morgan fingerprint density at radius 1 is 0.886 bits per heavy atom. The van der Waals surface area contributed by atoms with E-state index in [1.807, 2.05) is 24.3 Å². The monoisotopic (exact) mass is 484 g/mol. The van der Waals surface area contributed by atoms with Gasteiger partial charge in [0.05, 0.1) is 16.8 Å². The first-order valence-electron chi connectivity index (χ1n) is 10.8. The first kappa shape index (κ1) is 24.5. The first-order valence-corrected chi connectivity index (χ1v) is 10.8. The van der Waals surface area contributed by atoms with Crippen molar-refractivity contribution >= 4 is 11.7 Å². The topological polar surface area (TPSA) is 72.9 Å². The molecule has 0 radical (unpaired) electrons. The fraction of sp³-hybridized carbons (Fsp3) is 0.269. The SMILES string of the molecule is CN=C(N=C(N)c1ccc(-c2ccc3c(c2)C(F)(F)OC3(F)F)nc1)c1ccc(C(C)(C)C)cc1. The Balaban J connectivity index is 1.58. The summed E-state index contributed by atoms with van der Waals surface area (Å²) in [5, 5.41) is 0. The van der Waals surface area contributed by atoms with Gasteiger partial charge >= 0.3 is 12.2 Å². The van der Waals surface area contributed by atoms with Crippen molar-refractivity contribution in [3.63, 3.8) is 0 Å². The Kier molecular flexibility index (Phi) is 6.00. The number of nitrogens with two attached hydrogens (primary N) is 1. The molecule has 0 spiro atoms. The van der Waals surface area contributed by atoms with E-state index in [0.29, 0.717) is 17.1 Å². The molecule has 35 heavy (non-hydrogen) atoms. The quantitative estimate of drug-likeness (QED) is 0.283. The molecule has 4 rings (SSSR count). The highest BCUT2D eigenvalue weighted by atomic mass is 19.3. The Labute approximate surface area is 200 Å². The Bertz CT molecular complexity index is 1310. The molecule has 1 aliphatic rings. The third-order valence-electron chi connectivity index (χ3n) is 5.71. The number of halogens is 4. The lowest BCUT2D eigenvalue weighted by molar-refractivity contribution is -0.369. The molecular formula is C26H24F4N4O. The molecular weight excluding hydrogens is 460 g/mol. The zero-order valence-electron chi connectivity index (χ0n) is 19.6. The van der Waals surface area contributed by atoms with Gasteiger partial charge in [-0.05, 0) is 35.2 Å². The van der Waals surface area contributed by atoms with E-state index < -0.39 is 23.3 Å².